The lowest BCUT2D eigenvalue weighted by Gasteiger charge is -2.22. The number of hydrogen-bond acceptors (Lipinski definition) is 0. The van der Waals surface area contributed by atoms with Crippen molar-refractivity contribution in [1.29, 1.82) is 0 Å². The molecule has 0 N–H and O–H groups in total. The van der Waals surface area contributed by atoms with Gasteiger partial charge in [0.05, 0.1) is 0 Å². The fraction of sp³-hybridized carbons (Fsp3) is 0.286. The van der Waals surface area contributed by atoms with Crippen molar-refractivity contribution in [2.45, 2.75) is 31.3 Å². The lowest BCUT2D eigenvalue weighted by molar-refractivity contribution is 0.531. The molecular formula is C21H18N2. The molecule has 0 bridgehead atoms. The lowest BCUT2D eigenvalue weighted by Crippen LogP contribution is -2.28. The molecule has 1 aliphatic carbocycles. The molecule has 1 unspecified atom stereocenters. The van der Waals surface area contributed by atoms with Crippen molar-refractivity contribution in [1.82, 2.24) is 0 Å². The Morgan fingerprint density at radius 3 is 2.65 bits per heavy atom. The molecule has 0 fully saturated rings. The molecule has 2 heteroatoms. The molecule has 1 aromatic rings. The highest BCUT2D eigenvalue weighted by atomic mass is 15.0. The molecule has 0 radical (unpaired) electrons. The molecule has 0 heterocycles. The molecule has 0 saturated carbocycles. The Kier molecular flexibility index (Phi) is 5.61. The molecule has 2 rings (SSSR count). The summed E-state index contributed by atoms with van der Waals surface area (Å²) in [4.78, 5) is 7.36. The van der Waals surface area contributed by atoms with E-state index in [-0.39, 0.29) is 12.3 Å². The topological polar surface area (TPSA) is 8.72 Å². The first-order valence-electron chi connectivity index (χ1n) is 7.63. The SMILES string of the molecule is [C-]#[N+]C(CC#Cc1ccccc1)([N+]#[C-])C1=CCCCC1C=C=C. The van der Waals surface area contributed by atoms with Gasteiger partial charge in [-0.05, 0) is 37.5 Å². The monoisotopic (exact) mass is 298 g/mol. The standard InChI is InChI=1S/C21H18N2/c1-4-11-19-15-8-9-16-20(19)21(22-2,23-3)17-10-14-18-12-6-5-7-13-18/h5-7,11-13,16,19H,1,8-9,15,17H2. The largest absolute Gasteiger partial charge is 0.517 e. The number of hydrogen-bond donors (Lipinski definition) is 0. The average molecular weight is 298 g/mol. The second kappa shape index (κ2) is 7.87. The van der Waals surface area contributed by atoms with Crippen molar-refractivity contribution in [3.63, 3.8) is 0 Å². The fourth-order valence-electron chi connectivity index (χ4n) is 2.80. The molecule has 0 saturated heterocycles. The molecule has 2 nitrogen and oxygen atoms in total. The summed E-state index contributed by atoms with van der Waals surface area (Å²) < 4.78 is 0. The third-order valence-corrected chi connectivity index (χ3v) is 3.98. The van der Waals surface area contributed by atoms with Gasteiger partial charge in [0.1, 0.15) is 5.57 Å². The summed E-state index contributed by atoms with van der Waals surface area (Å²) in [5.41, 5.74) is 3.36. The zero-order chi connectivity index (χ0) is 16.5. The van der Waals surface area contributed by atoms with E-state index in [0.29, 0.717) is 0 Å². The third-order valence-electron chi connectivity index (χ3n) is 3.98. The Morgan fingerprint density at radius 1 is 1.26 bits per heavy atom. The van der Waals surface area contributed by atoms with Crippen LogP contribution in [0.5, 0.6) is 0 Å². The van der Waals surface area contributed by atoms with Gasteiger partial charge >= 0.3 is 5.66 Å². The second-order valence-electron chi connectivity index (χ2n) is 5.45. The number of allylic oxidation sites excluding steroid dienone is 2. The third kappa shape index (κ3) is 3.81. The average Bonchev–Trinajstić information content (AvgIpc) is 2.61. The van der Waals surface area contributed by atoms with Crippen LogP contribution in [0.15, 0.2) is 60.4 Å². The van der Waals surface area contributed by atoms with Crippen LogP contribution in [-0.2, 0) is 0 Å². The van der Waals surface area contributed by atoms with Gasteiger partial charge in [0.25, 0.3) is 0 Å². The molecule has 0 aliphatic heterocycles. The van der Waals surface area contributed by atoms with Crippen LogP contribution in [0.25, 0.3) is 9.69 Å². The quantitative estimate of drug-likeness (QED) is 0.320. The van der Waals surface area contributed by atoms with Crippen molar-refractivity contribution in [3.8, 4) is 11.8 Å². The summed E-state index contributed by atoms with van der Waals surface area (Å²) in [6.45, 7) is 18.8. The van der Waals surface area contributed by atoms with E-state index in [1.165, 1.54) is 0 Å². The Balaban J connectivity index is 2.31. The second-order valence-corrected chi connectivity index (χ2v) is 5.45. The van der Waals surface area contributed by atoms with Crippen molar-refractivity contribution < 1.29 is 0 Å². The highest BCUT2D eigenvalue weighted by Crippen LogP contribution is 2.39. The van der Waals surface area contributed by atoms with Gasteiger partial charge in [0.15, 0.2) is 6.42 Å². The minimum atomic E-state index is -1.22. The van der Waals surface area contributed by atoms with Gasteiger partial charge in [-0.15, -0.1) is 5.73 Å². The van der Waals surface area contributed by atoms with Crippen molar-refractivity contribution >= 4 is 0 Å². The first-order valence-corrected chi connectivity index (χ1v) is 7.63. The molecule has 1 aromatic carbocycles. The summed E-state index contributed by atoms with van der Waals surface area (Å²) in [5.74, 6) is 6.16. The molecule has 23 heavy (non-hydrogen) atoms. The maximum absolute atomic E-state index is 7.60. The summed E-state index contributed by atoms with van der Waals surface area (Å²) in [5, 5.41) is 0. The molecule has 112 valence electrons. The summed E-state index contributed by atoms with van der Waals surface area (Å²) in [6, 6.07) is 9.64. The number of rotatable bonds is 3. The molecule has 0 amide bonds. The molecule has 1 aliphatic rings. The van der Waals surface area contributed by atoms with E-state index in [9.17, 15) is 0 Å². The predicted octanol–water partition coefficient (Wildman–Crippen LogP) is 5.03. The highest BCUT2D eigenvalue weighted by Gasteiger charge is 2.50. The summed E-state index contributed by atoms with van der Waals surface area (Å²) in [7, 11) is 0. The van der Waals surface area contributed by atoms with E-state index in [0.717, 1.165) is 30.4 Å². The van der Waals surface area contributed by atoms with Crippen LogP contribution in [-0.4, -0.2) is 5.66 Å². The van der Waals surface area contributed by atoms with E-state index >= 15 is 0 Å². The van der Waals surface area contributed by atoms with Crippen LogP contribution in [0.2, 0.25) is 0 Å². The molecule has 0 aromatic heterocycles. The molecule has 0 spiro atoms. The van der Waals surface area contributed by atoms with Crippen LogP contribution in [0.3, 0.4) is 0 Å². The van der Waals surface area contributed by atoms with E-state index in [2.05, 4.69) is 33.8 Å². The predicted molar refractivity (Wildman–Crippen MR) is 93.0 cm³/mol. The van der Waals surface area contributed by atoms with Gasteiger partial charge in [-0.25, -0.2) is 22.8 Å². The van der Waals surface area contributed by atoms with Gasteiger partial charge in [0.2, 0.25) is 0 Å². The Bertz CT molecular complexity index is 755. The minimum Gasteiger partial charge on any atom is -0.225 e. The Hall–Kier alpha value is -2.98. The van der Waals surface area contributed by atoms with Crippen LogP contribution in [0.4, 0.5) is 0 Å². The van der Waals surface area contributed by atoms with Crippen LogP contribution in [0.1, 0.15) is 31.2 Å². The van der Waals surface area contributed by atoms with Gasteiger partial charge in [-0.3, -0.25) is 0 Å². The smallest absolute Gasteiger partial charge is 0.225 e. The zero-order valence-electron chi connectivity index (χ0n) is 13.0. The van der Waals surface area contributed by atoms with E-state index in [1.54, 1.807) is 0 Å². The molecule has 1 atom stereocenters. The fourth-order valence-corrected chi connectivity index (χ4v) is 2.80. The maximum Gasteiger partial charge on any atom is 0.517 e. The summed E-state index contributed by atoms with van der Waals surface area (Å²) in [6.07, 6.45) is 7.06. The van der Waals surface area contributed by atoms with Gasteiger partial charge < -0.3 is 0 Å². The number of benzene rings is 1. The zero-order valence-corrected chi connectivity index (χ0v) is 13.0. The minimum absolute atomic E-state index is 0.0722. The first kappa shape index (κ1) is 16.4. The van der Waals surface area contributed by atoms with Gasteiger partial charge in [0, 0.05) is 11.5 Å². The van der Waals surface area contributed by atoms with E-state index in [4.69, 9.17) is 13.1 Å². The Labute approximate surface area is 138 Å². The van der Waals surface area contributed by atoms with Crippen LogP contribution < -0.4 is 0 Å². The highest BCUT2D eigenvalue weighted by molar-refractivity contribution is 5.40. The van der Waals surface area contributed by atoms with Crippen molar-refractivity contribution in [2.24, 2.45) is 5.92 Å². The van der Waals surface area contributed by atoms with Gasteiger partial charge in [-0.1, -0.05) is 42.7 Å². The first-order chi connectivity index (χ1) is 11.3. The van der Waals surface area contributed by atoms with E-state index in [1.807, 2.05) is 42.5 Å². The van der Waals surface area contributed by atoms with Crippen LogP contribution in [0, 0.1) is 30.9 Å². The van der Waals surface area contributed by atoms with Crippen molar-refractivity contribution in [2.75, 3.05) is 0 Å². The van der Waals surface area contributed by atoms with Crippen LogP contribution >= 0.6 is 0 Å². The van der Waals surface area contributed by atoms with Crippen molar-refractivity contribution in [3.05, 3.63) is 88.8 Å². The van der Waals surface area contributed by atoms with Gasteiger partial charge in [-0.2, -0.15) is 0 Å². The maximum atomic E-state index is 7.60. The number of nitrogens with zero attached hydrogens (tertiary/aromatic N) is 2. The van der Waals surface area contributed by atoms with E-state index < -0.39 is 5.66 Å². The lowest BCUT2D eigenvalue weighted by atomic mass is 9.79. The Morgan fingerprint density at radius 2 is 2.00 bits per heavy atom. The summed E-state index contributed by atoms with van der Waals surface area (Å²) >= 11 is 0. The normalized spacial score (nSPS) is 16.6. The molecular weight excluding hydrogens is 280 g/mol.